The van der Waals surface area contributed by atoms with Gasteiger partial charge in [-0.15, -0.1) is 0 Å². The van der Waals surface area contributed by atoms with E-state index in [0.717, 1.165) is 44.9 Å². The lowest BCUT2D eigenvalue weighted by atomic mass is 10.2. The molecule has 0 radical (unpaired) electrons. The lowest BCUT2D eigenvalue weighted by Crippen LogP contribution is -2.46. The molecule has 0 bridgehead atoms. The van der Waals surface area contributed by atoms with Crippen molar-refractivity contribution in [3.63, 3.8) is 0 Å². The van der Waals surface area contributed by atoms with Crippen LogP contribution in [0.5, 0.6) is 5.88 Å². The molecular weight excluding hydrogens is 242 g/mol. The third-order valence-corrected chi connectivity index (χ3v) is 3.40. The maximum Gasteiger partial charge on any atom is 0.217 e. The average molecular weight is 265 g/mol. The number of nitrogens with zero attached hydrogens (tertiary/aromatic N) is 2. The SMILES string of the molecule is CCN1CCOC(CNCc2cccnc2OC)C1. The number of morpholine rings is 1. The van der Waals surface area contributed by atoms with Gasteiger partial charge < -0.3 is 14.8 Å². The third kappa shape index (κ3) is 4.16. The molecule has 5 nitrogen and oxygen atoms in total. The number of ether oxygens (including phenoxy) is 2. The van der Waals surface area contributed by atoms with Crippen molar-refractivity contribution >= 4 is 0 Å². The zero-order chi connectivity index (χ0) is 13.5. The molecule has 1 aromatic rings. The molecule has 0 aromatic carbocycles. The molecule has 106 valence electrons. The summed E-state index contributed by atoms with van der Waals surface area (Å²) < 4.78 is 11.0. The Labute approximate surface area is 114 Å². The standard InChI is InChI=1S/C14H23N3O2/c1-3-17-7-8-19-13(11-17)10-15-9-12-5-4-6-16-14(12)18-2/h4-6,13,15H,3,7-11H2,1-2H3. The fraction of sp³-hybridized carbons (Fsp3) is 0.643. The van der Waals surface area contributed by atoms with Crippen LogP contribution in [0.3, 0.4) is 0 Å². The summed E-state index contributed by atoms with van der Waals surface area (Å²) in [6, 6.07) is 3.95. The minimum absolute atomic E-state index is 0.274. The van der Waals surface area contributed by atoms with Crippen LogP contribution in [0.25, 0.3) is 0 Å². The number of nitrogens with one attached hydrogen (secondary N) is 1. The number of methoxy groups -OCH3 is 1. The first-order valence-corrected chi connectivity index (χ1v) is 6.86. The quantitative estimate of drug-likeness (QED) is 0.828. The summed E-state index contributed by atoms with van der Waals surface area (Å²) in [5, 5.41) is 3.42. The van der Waals surface area contributed by atoms with Gasteiger partial charge >= 0.3 is 0 Å². The zero-order valence-corrected chi connectivity index (χ0v) is 11.8. The highest BCUT2D eigenvalue weighted by atomic mass is 16.5. The molecule has 0 spiro atoms. The topological polar surface area (TPSA) is 46.6 Å². The van der Waals surface area contributed by atoms with Crippen molar-refractivity contribution in [3.8, 4) is 5.88 Å². The molecule has 1 saturated heterocycles. The molecule has 1 N–H and O–H groups in total. The van der Waals surface area contributed by atoms with E-state index >= 15 is 0 Å². The molecule has 0 aliphatic carbocycles. The molecule has 0 saturated carbocycles. The predicted molar refractivity (Wildman–Crippen MR) is 74.3 cm³/mol. The average Bonchev–Trinajstić information content (AvgIpc) is 2.48. The van der Waals surface area contributed by atoms with Gasteiger partial charge in [0.2, 0.25) is 5.88 Å². The molecule has 1 unspecified atom stereocenters. The largest absolute Gasteiger partial charge is 0.481 e. The predicted octanol–water partition coefficient (Wildman–Crippen LogP) is 0.901. The fourth-order valence-electron chi connectivity index (χ4n) is 2.30. The molecular formula is C14H23N3O2. The molecule has 1 aliphatic rings. The van der Waals surface area contributed by atoms with E-state index in [-0.39, 0.29) is 6.10 Å². The molecule has 1 atom stereocenters. The van der Waals surface area contributed by atoms with Gasteiger partial charge in [0.15, 0.2) is 0 Å². The molecule has 2 heterocycles. The summed E-state index contributed by atoms with van der Waals surface area (Å²) in [7, 11) is 1.65. The van der Waals surface area contributed by atoms with Crippen LogP contribution in [-0.2, 0) is 11.3 Å². The van der Waals surface area contributed by atoms with Gasteiger partial charge in [-0.05, 0) is 12.6 Å². The van der Waals surface area contributed by atoms with Gasteiger partial charge in [-0.25, -0.2) is 4.98 Å². The molecule has 1 aliphatic heterocycles. The van der Waals surface area contributed by atoms with E-state index in [1.807, 2.05) is 12.1 Å². The monoisotopic (exact) mass is 265 g/mol. The van der Waals surface area contributed by atoms with E-state index < -0.39 is 0 Å². The van der Waals surface area contributed by atoms with E-state index in [1.54, 1.807) is 13.3 Å². The summed E-state index contributed by atoms with van der Waals surface area (Å²) >= 11 is 0. The molecule has 19 heavy (non-hydrogen) atoms. The number of rotatable bonds is 6. The van der Waals surface area contributed by atoms with Gasteiger partial charge in [-0.1, -0.05) is 13.0 Å². The maximum absolute atomic E-state index is 5.75. The van der Waals surface area contributed by atoms with E-state index in [2.05, 4.69) is 22.1 Å². The molecule has 2 rings (SSSR count). The van der Waals surface area contributed by atoms with Crippen molar-refractivity contribution in [1.82, 2.24) is 15.2 Å². The van der Waals surface area contributed by atoms with Crippen LogP contribution in [0.2, 0.25) is 0 Å². The van der Waals surface area contributed by atoms with Crippen LogP contribution in [-0.4, -0.2) is 55.9 Å². The number of aromatic nitrogens is 1. The second-order valence-electron chi connectivity index (χ2n) is 4.69. The lowest BCUT2D eigenvalue weighted by molar-refractivity contribution is -0.0253. The van der Waals surface area contributed by atoms with Gasteiger partial charge in [0.05, 0.1) is 19.8 Å². The Morgan fingerprint density at radius 1 is 1.58 bits per heavy atom. The number of pyridine rings is 1. The number of hydrogen-bond acceptors (Lipinski definition) is 5. The van der Waals surface area contributed by atoms with Gasteiger partial charge in [0, 0.05) is 37.9 Å². The Bertz CT molecular complexity index is 387. The van der Waals surface area contributed by atoms with Gasteiger partial charge in [0.1, 0.15) is 0 Å². The molecule has 5 heteroatoms. The second-order valence-corrected chi connectivity index (χ2v) is 4.69. The summed E-state index contributed by atoms with van der Waals surface area (Å²) in [4.78, 5) is 6.60. The normalized spacial score (nSPS) is 20.4. The molecule has 0 amide bonds. The highest BCUT2D eigenvalue weighted by molar-refractivity contribution is 5.24. The Kier molecular flexibility index (Phi) is 5.57. The van der Waals surface area contributed by atoms with Crippen molar-refractivity contribution in [3.05, 3.63) is 23.9 Å². The van der Waals surface area contributed by atoms with E-state index in [4.69, 9.17) is 9.47 Å². The van der Waals surface area contributed by atoms with Gasteiger partial charge in [-0.2, -0.15) is 0 Å². The molecule has 1 aromatic heterocycles. The zero-order valence-electron chi connectivity index (χ0n) is 11.8. The van der Waals surface area contributed by atoms with Crippen molar-refractivity contribution in [2.45, 2.75) is 19.6 Å². The Balaban J connectivity index is 1.77. The van der Waals surface area contributed by atoms with Crippen LogP contribution in [0.1, 0.15) is 12.5 Å². The summed E-state index contributed by atoms with van der Waals surface area (Å²) in [5.41, 5.74) is 1.08. The van der Waals surface area contributed by atoms with Gasteiger partial charge in [0.25, 0.3) is 0 Å². The summed E-state index contributed by atoms with van der Waals surface area (Å²) in [5.74, 6) is 0.690. The third-order valence-electron chi connectivity index (χ3n) is 3.40. The summed E-state index contributed by atoms with van der Waals surface area (Å²) in [6.07, 6.45) is 2.02. The Morgan fingerprint density at radius 2 is 2.47 bits per heavy atom. The minimum atomic E-state index is 0.274. The van der Waals surface area contributed by atoms with Crippen molar-refractivity contribution in [2.75, 3.05) is 39.9 Å². The van der Waals surface area contributed by atoms with E-state index in [1.165, 1.54) is 0 Å². The molecule has 1 fully saturated rings. The lowest BCUT2D eigenvalue weighted by Gasteiger charge is -2.32. The first-order valence-electron chi connectivity index (χ1n) is 6.86. The maximum atomic E-state index is 5.75. The Morgan fingerprint density at radius 3 is 3.26 bits per heavy atom. The smallest absolute Gasteiger partial charge is 0.217 e. The van der Waals surface area contributed by atoms with Gasteiger partial charge in [-0.3, -0.25) is 4.90 Å². The van der Waals surface area contributed by atoms with Crippen molar-refractivity contribution < 1.29 is 9.47 Å². The minimum Gasteiger partial charge on any atom is -0.481 e. The van der Waals surface area contributed by atoms with Crippen molar-refractivity contribution in [2.24, 2.45) is 0 Å². The highest BCUT2D eigenvalue weighted by Crippen LogP contribution is 2.13. The van der Waals surface area contributed by atoms with Crippen LogP contribution < -0.4 is 10.1 Å². The van der Waals surface area contributed by atoms with E-state index in [9.17, 15) is 0 Å². The first-order chi connectivity index (χ1) is 9.33. The van der Waals surface area contributed by atoms with Crippen molar-refractivity contribution in [1.29, 1.82) is 0 Å². The number of hydrogen-bond donors (Lipinski definition) is 1. The Hall–Kier alpha value is -1.17. The summed E-state index contributed by atoms with van der Waals surface area (Å²) in [6.45, 7) is 7.78. The van der Waals surface area contributed by atoms with Crippen LogP contribution >= 0.6 is 0 Å². The number of likely N-dealkylation sites (N-methyl/N-ethyl adjacent to an activating group) is 1. The van der Waals surface area contributed by atoms with Crippen LogP contribution in [0, 0.1) is 0 Å². The first kappa shape index (κ1) is 14.2. The van der Waals surface area contributed by atoms with Crippen LogP contribution in [0.4, 0.5) is 0 Å². The van der Waals surface area contributed by atoms with Crippen LogP contribution in [0.15, 0.2) is 18.3 Å². The van der Waals surface area contributed by atoms with E-state index in [0.29, 0.717) is 5.88 Å². The highest BCUT2D eigenvalue weighted by Gasteiger charge is 2.18. The second kappa shape index (κ2) is 7.43. The fourth-order valence-corrected chi connectivity index (χ4v) is 2.30.